The van der Waals surface area contributed by atoms with Gasteiger partial charge in [-0.3, -0.25) is 0 Å². The highest BCUT2D eigenvalue weighted by atomic mass is 79.9. The smallest absolute Gasteiger partial charge is 0.0620 e. The van der Waals surface area contributed by atoms with E-state index in [0.717, 1.165) is 0 Å². The van der Waals surface area contributed by atoms with E-state index in [1.807, 2.05) is 0 Å². The molecule has 0 unspecified atom stereocenters. The van der Waals surface area contributed by atoms with Crippen molar-refractivity contribution < 1.29 is 0 Å². The minimum atomic E-state index is -3.00. The van der Waals surface area contributed by atoms with Crippen molar-refractivity contribution in [3.05, 3.63) is 273 Å². The molecule has 0 nitrogen and oxygen atoms in total. The van der Waals surface area contributed by atoms with Crippen molar-refractivity contribution in [1.29, 1.82) is 0 Å². The molecule has 4 heteroatoms. The van der Waals surface area contributed by atoms with Crippen LogP contribution in [-0.4, -0.2) is 3.55 Å². The van der Waals surface area contributed by atoms with Gasteiger partial charge >= 0.3 is 3.55 Å². The van der Waals surface area contributed by atoms with Gasteiger partial charge < -0.3 is 0 Å². The fraction of sp³-hybridized carbons (Fsp3) is 0.0182. The molecule has 0 aliphatic heterocycles. The van der Waals surface area contributed by atoms with E-state index in [2.05, 4.69) is 273 Å². The summed E-state index contributed by atoms with van der Waals surface area (Å²) in [5.74, 6) is 0. The zero-order chi connectivity index (χ0) is 40.0. The van der Waals surface area contributed by atoms with Crippen LogP contribution in [0.4, 0.5) is 0 Å². The van der Waals surface area contributed by atoms with E-state index in [-0.39, 0.29) is 0 Å². The standard InChI is InChI=1S/C55H45BrP3/c56-55(57(46-28-10-1-11-29-46,47-30-12-2-13-31-47)48-32-14-3-15-33-48,58(49-34-16-4-17-35-49,50-36-18-5-19-37-50)51-38-20-6-21-39-51)59(52-40-22-7-23-41-52,53-42-24-8-25-43-53)54-44-26-9-27-45-54/h1-45H/q+3. The summed E-state index contributed by atoms with van der Waals surface area (Å²) in [6.07, 6.45) is 0. The molecule has 0 fully saturated rings. The quantitative estimate of drug-likeness (QED) is 0.0847. The van der Waals surface area contributed by atoms with Crippen LogP contribution in [0.1, 0.15) is 0 Å². The van der Waals surface area contributed by atoms with E-state index in [9.17, 15) is 0 Å². The lowest BCUT2D eigenvalue weighted by Gasteiger charge is -2.51. The van der Waals surface area contributed by atoms with Crippen molar-refractivity contribution in [2.24, 2.45) is 0 Å². The zero-order valence-electron chi connectivity index (χ0n) is 32.7. The van der Waals surface area contributed by atoms with Crippen molar-refractivity contribution in [2.75, 3.05) is 0 Å². The Bertz CT molecular complexity index is 2090. The van der Waals surface area contributed by atoms with Crippen molar-refractivity contribution >= 4 is 85.5 Å². The Morgan fingerprint density at radius 3 is 0.390 bits per heavy atom. The van der Waals surface area contributed by atoms with Gasteiger partial charge in [-0.25, -0.2) is 0 Å². The van der Waals surface area contributed by atoms with Crippen molar-refractivity contribution in [3.63, 3.8) is 0 Å². The fourth-order valence-corrected chi connectivity index (χ4v) is 37.7. The minimum Gasteiger partial charge on any atom is -0.0620 e. The van der Waals surface area contributed by atoms with E-state index >= 15 is 0 Å². The van der Waals surface area contributed by atoms with E-state index in [1.54, 1.807) is 0 Å². The van der Waals surface area contributed by atoms with Gasteiger partial charge in [0.25, 0.3) is 0 Å². The van der Waals surface area contributed by atoms with Crippen molar-refractivity contribution in [2.45, 2.75) is 3.55 Å². The molecule has 9 aromatic carbocycles. The molecule has 0 aliphatic rings. The van der Waals surface area contributed by atoms with Gasteiger partial charge in [0.1, 0.15) is 47.7 Å². The molecule has 0 radical (unpaired) electrons. The first-order valence-electron chi connectivity index (χ1n) is 20.1. The van der Waals surface area contributed by atoms with Crippen LogP contribution in [0.25, 0.3) is 0 Å². The number of benzene rings is 9. The molecule has 0 heterocycles. The average molecular weight is 879 g/mol. The van der Waals surface area contributed by atoms with Crippen LogP contribution >= 0.6 is 37.7 Å². The molecule has 0 spiro atoms. The van der Waals surface area contributed by atoms with Crippen LogP contribution in [0.15, 0.2) is 273 Å². The molecular weight excluding hydrogens is 833 g/mol. The van der Waals surface area contributed by atoms with Gasteiger partial charge in [-0.2, -0.15) is 0 Å². The molecule has 284 valence electrons. The highest BCUT2D eigenvalue weighted by Crippen LogP contribution is 2.99. The van der Waals surface area contributed by atoms with Crippen LogP contribution in [0.3, 0.4) is 0 Å². The van der Waals surface area contributed by atoms with E-state index in [1.165, 1.54) is 47.7 Å². The third-order valence-electron chi connectivity index (χ3n) is 11.6. The lowest BCUT2D eigenvalue weighted by molar-refractivity contribution is 1.58. The monoisotopic (exact) mass is 877 g/mol. The van der Waals surface area contributed by atoms with Crippen molar-refractivity contribution in [3.8, 4) is 0 Å². The molecule has 59 heavy (non-hydrogen) atoms. The van der Waals surface area contributed by atoms with Gasteiger partial charge in [-0.1, -0.05) is 164 Å². The third-order valence-corrected chi connectivity index (χ3v) is 34.0. The number of hydrogen-bond acceptors (Lipinski definition) is 0. The molecule has 0 aliphatic carbocycles. The maximum Gasteiger partial charge on any atom is 0.354 e. The number of halogens is 1. The summed E-state index contributed by atoms with van der Waals surface area (Å²) in [5, 5.41) is 11.9. The topological polar surface area (TPSA) is 0 Å². The number of hydrogen-bond donors (Lipinski definition) is 0. The molecule has 0 aromatic heterocycles. The molecule has 9 aromatic rings. The summed E-state index contributed by atoms with van der Waals surface area (Å²) in [4.78, 5) is 0. The van der Waals surface area contributed by atoms with E-state index in [4.69, 9.17) is 15.9 Å². The Balaban J connectivity index is 1.71. The van der Waals surface area contributed by atoms with E-state index in [0.29, 0.717) is 0 Å². The lowest BCUT2D eigenvalue weighted by Crippen LogP contribution is -2.58. The van der Waals surface area contributed by atoms with Gasteiger partial charge in [0.05, 0.1) is 15.9 Å². The van der Waals surface area contributed by atoms with Crippen LogP contribution in [-0.2, 0) is 0 Å². The minimum absolute atomic E-state index is 0.780. The fourth-order valence-electron chi connectivity index (χ4n) is 9.36. The molecule has 0 atom stereocenters. The molecule has 0 saturated carbocycles. The highest BCUT2D eigenvalue weighted by Gasteiger charge is 2.91. The Kier molecular flexibility index (Phi) is 11.4. The zero-order valence-corrected chi connectivity index (χ0v) is 37.0. The predicted molar refractivity (Wildman–Crippen MR) is 267 cm³/mol. The van der Waals surface area contributed by atoms with Crippen LogP contribution in [0, 0.1) is 0 Å². The first-order chi connectivity index (χ1) is 29.2. The normalized spacial score (nSPS) is 12.2. The van der Waals surface area contributed by atoms with Crippen LogP contribution in [0.5, 0.6) is 0 Å². The second-order valence-electron chi connectivity index (χ2n) is 14.6. The summed E-state index contributed by atoms with van der Waals surface area (Å²) in [6.45, 7) is 0. The number of rotatable bonds is 12. The molecule has 0 amide bonds. The van der Waals surface area contributed by atoms with Crippen LogP contribution in [0.2, 0.25) is 0 Å². The van der Waals surface area contributed by atoms with Gasteiger partial charge in [0.15, 0.2) is 0 Å². The summed E-state index contributed by atoms with van der Waals surface area (Å²) >= 11 is 5.44. The summed E-state index contributed by atoms with van der Waals surface area (Å²) in [5.41, 5.74) is 0. The molecule has 9 rings (SSSR count). The van der Waals surface area contributed by atoms with E-state index < -0.39 is 25.3 Å². The Morgan fingerprint density at radius 2 is 0.288 bits per heavy atom. The molecule has 0 N–H and O–H groups in total. The Morgan fingerprint density at radius 1 is 0.186 bits per heavy atom. The maximum atomic E-state index is 5.44. The van der Waals surface area contributed by atoms with Gasteiger partial charge in [-0.15, -0.1) is 0 Å². The largest absolute Gasteiger partial charge is 0.354 e. The van der Waals surface area contributed by atoms with Gasteiger partial charge in [0.2, 0.25) is 21.8 Å². The van der Waals surface area contributed by atoms with Gasteiger partial charge in [0, 0.05) is 0 Å². The molecule has 0 saturated heterocycles. The lowest BCUT2D eigenvalue weighted by atomic mass is 10.3. The Labute approximate surface area is 359 Å². The summed E-state index contributed by atoms with van der Waals surface area (Å²) < 4.78 is -0.780. The highest BCUT2D eigenvalue weighted by molar-refractivity contribution is 9.15. The van der Waals surface area contributed by atoms with Crippen LogP contribution < -0.4 is 47.7 Å². The SMILES string of the molecule is BrC([P+](c1ccccc1)(c1ccccc1)c1ccccc1)([P+](c1ccccc1)(c1ccccc1)c1ccccc1)[P+](c1ccccc1)(c1ccccc1)c1ccccc1. The maximum absolute atomic E-state index is 5.44. The summed E-state index contributed by atoms with van der Waals surface area (Å²) in [6, 6.07) is 104. The van der Waals surface area contributed by atoms with Crippen molar-refractivity contribution in [1.82, 2.24) is 0 Å². The van der Waals surface area contributed by atoms with Gasteiger partial charge in [-0.05, 0) is 109 Å². The first kappa shape index (κ1) is 39.2. The average Bonchev–Trinajstić information content (AvgIpc) is 3.33. The molecule has 0 bridgehead atoms. The second-order valence-corrected chi connectivity index (χ2v) is 29.4. The second kappa shape index (κ2) is 17.2. The first-order valence-corrected chi connectivity index (χ1v) is 26.2. The summed E-state index contributed by atoms with van der Waals surface area (Å²) in [7, 11) is -8.99. The Hall–Kier alpha value is -5.25. The third kappa shape index (κ3) is 6.22. The predicted octanol–water partition coefficient (Wildman–Crippen LogP) is 11.0. The number of alkyl halides is 1. The molecular formula is C55H45BrP3+3.